The monoisotopic (exact) mass is 578 g/mol. The number of nitrogens with zero attached hydrogens (tertiary/aromatic N) is 2. The van der Waals surface area contributed by atoms with Crippen LogP contribution in [0.2, 0.25) is 0 Å². The summed E-state index contributed by atoms with van der Waals surface area (Å²) in [5.74, 6) is -0.406. The Balaban J connectivity index is 1.61. The molecular weight excluding hydrogens is 556 g/mol. The van der Waals surface area contributed by atoms with Crippen LogP contribution in [0.15, 0.2) is 100 Å². The second-order valence-corrected chi connectivity index (χ2v) is 12.3. The van der Waals surface area contributed by atoms with E-state index in [-0.39, 0.29) is 17.3 Å². The summed E-state index contributed by atoms with van der Waals surface area (Å²) in [6.45, 7) is 0. The van der Waals surface area contributed by atoms with Crippen LogP contribution in [-0.2, 0) is 15.6 Å². The van der Waals surface area contributed by atoms with Gasteiger partial charge in [0.2, 0.25) is 0 Å². The van der Waals surface area contributed by atoms with Crippen molar-refractivity contribution in [2.45, 2.75) is 16.9 Å². The highest BCUT2D eigenvalue weighted by molar-refractivity contribution is 9.10. The summed E-state index contributed by atoms with van der Waals surface area (Å²) in [6.07, 6.45) is -1.10. The lowest BCUT2D eigenvalue weighted by Crippen LogP contribution is -2.24. The number of pyridine rings is 1. The lowest BCUT2D eigenvalue weighted by molar-refractivity contribution is 0.222. The van der Waals surface area contributed by atoms with E-state index in [1.165, 1.54) is 11.8 Å². The first-order valence-electron chi connectivity index (χ1n) is 11.2. The summed E-state index contributed by atoms with van der Waals surface area (Å²) in [6, 6.07) is 30.4. The Morgan fingerprint density at radius 2 is 1.58 bits per heavy atom. The van der Waals surface area contributed by atoms with Crippen molar-refractivity contribution in [2.75, 3.05) is 11.5 Å². The van der Waals surface area contributed by atoms with Gasteiger partial charge in [-0.1, -0.05) is 88.7 Å². The number of benzene rings is 3. The van der Waals surface area contributed by atoms with Gasteiger partial charge in [0.15, 0.2) is 9.84 Å². The maximum Gasteiger partial charge on any atom is 0.157 e. The molecule has 182 valence electrons. The van der Waals surface area contributed by atoms with Crippen LogP contribution in [0.25, 0.3) is 22.4 Å². The van der Waals surface area contributed by atoms with Crippen LogP contribution in [0.1, 0.15) is 11.1 Å². The van der Waals surface area contributed by atoms with E-state index in [0.29, 0.717) is 21.8 Å². The molecule has 36 heavy (non-hydrogen) atoms. The molecular formula is C28H23BrN2O3S2. The van der Waals surface area contributed by atoms with Crippen molar-refractivity contribution in [3.8, 4) is 28.5 Å². The summed E-state index contributed by atoms with van der Waals surface area (Å²) >= 11 is 4.64. The number of halogens is 1. The van der Waals surface area contributed by atoms with Gasteiger partial charge in [-0.15, -0.1) is 11.8 Å². The van der Waals surface area contributed by atoms with E-state index in [4.69, 9.17) is 4.98 Å². The smallest absolute Gasteiger partial charge is 0.157 e. The maximum absolute atomic E-state index is 12.6. The molecule has 4 aromatic rings. The lowest BCUT2D eigenvalue weighted by Gasteiger charge is -2.15. The van der Waals surface area contributed by atoms with Crippen LogP contribution in [0.5, 0.6) is 0 Å². The molecule has 5 nitrogen and oxygen atoms in total. The SMILES string of the molecule is N#Cc1c(-c2ccccc2)cc(-c2ccc(Br)cc2)nc1SCC(O)CS(=O)(=O)Cc1ccccc1. The van der Waals surface area contributed by atoms with Gasteiger partial charge >= 0.3 is 0 Å². The first-order valence-corrected chi connectivity index (χ1v) is 14.8. The van der Waals surface area contributed by atoms with E-state index >= 15 is 0 Å². The van der Waals surface area contributed by atoms with Crippen LogP contribution in [0.4, 0.5) is 0 Å². The fraction of sp³-hybridized carbons (Fsp3) is 0.143. The molecule has 8 heteroatoms. The van der Waals surface area contributed by atoms with Crippen LogP contribution in [0.3, 0.4) is 0 Å². The molecule has 0 aliphatic rings. The average Bonchev–Trinajstić information content (AvgIpc) is 2.88. The molecule has 3 aromatic carbocycles. The fourth-order valence-electron chi connectivity index (χ4n) is 3.75. The van der Waals surface area contributed by atoms with Gasteiger partial charge in [-0.25, -0.2) is 13.4 Å². The normalized spacial score (nSPS) is 12.1. The van der Waals surface area contributed by atoms with Crippen LogP contribution in [-0.4, -0.2) is 36.1 Å². The Hall–Kier alpha value is -2.96. The second kappa shape index (κ2) is 11.8. The van der Waals surface area contributed by atoms with Gasteiger partial charge < -0.3 is 5.11 Å². The molecule has 0 amide bonds. The van der Waals surface area contributed by atoms with Gasteiger partial charge in [0.05, 0.1) is 28.9 Å². The van der Waals surface area contributed by atoms with E-state index in [2.05, 4.69) is 22.0 Å². The summed E-state index contributed by atoms with van der Waals surface area (Å²) in [5, 5.41) is 21.0. The van der Waals surface area contributed by atoms with Crippen molar-refractivity contribution in [2.24, 2.45) is 0 Å². The molecule has 1 heterocycles. The van der Waals surface area contributed by atoms with E-state index in [9.17, 15) is 18.8 Å². The van der Waals surface area contributed by atoms with Gasteiger partial charge in [0, 0.05) is 21.4 Å². The van der Waals surface area contributed by atoms with Crippen molar-refractivity contribution in [1.82, 2.24) is 4.98 Å². The van der Waals surface area contributed by atoms with Crippen molar-refractivity contribution < 1.29 is 13.5 Å². The third kappa shape index (κ3) is 6.83. The highest BCUT2D eigenvalue weighted by atomic mass is 79.9. The van der Waals surface area contributed by atoms with Crippen LogP contribution < -0.4 is 0 Å². The van der Waals surface area contributed by atoms with Gasteiger partial charge in [-0.05, 0) is 29.3 Å². The summed E-state index contributed by atoms with van der Waals surface area (Å²) < 4.78 is 26.2. The zero-order valence-electron chi connectivity index (χ0n) is 19.2. The van der Waals surface area contributed by atoms with E-state index in [0.717, 1.165) is 21.2 Å². The molecule has 0 saturated carbocycles. The lowest BCUT2D eigenvalue weighted by atomic mass is 9.99. The highest BCUT2D eigenvalue weighted by Crippen LogP contribution is 2.34. The Morgan fingerprint density at radius 3 is 2.22 bits per heavy atom. The Bertz CT molecular complexity index is 1470. The number of rotatable bonds is 9. The minimum Gasteiger partial charge on any atom is -0.391 e. The van der Waals surface area contributed by atoms with Crippen molar-refractivity contribution in [3.05, 3.63) is 107 Å². The molecule has 0 aliphatic carbocycles. The number of hydrogen-bond donors (Lipinski definition) is 1. The summed E-state index contributed by atoms with van der Waals surface area (Å²) in [7, 11) is -3.51. The van der Waals surface area contributed by atoms with E-state index in [1.54, 1.807) is 24.3 Å². The topological polar surface area (TPSA) is 91.0 Å². The van der Waals surface area contributed by atoms with Gasteiger partial charge in [0.1, 0.15) is 11.1 Å². The number of hydrogen-bond acceptors (Lipinski definition) is 6. The van der Waals surface area contributed by atoms with E-state index in [1.807, 2.05) is 66.7 Å². The number of thioether (sulfide) groups is 1. The minimum atomic E-state index is -3.51. The van der Waals surface area contributed by atoms with Gasteiger partial charge in [-0.2, -0.15) is 5.26 Å². The second-order valence-electron chi connectivity index (χ2n) is 8.22. The van der Waals surface area contributed by atoms with Crippen molar-refractivity contribution in [1.29, 1.82) is 5.26 Å². The standard InChI is InChI=1S/C28H23BrN2O3S2/c29-23-13-11-22(12-14-23)27-15-25(21-9-5-2-6-10-21)26(16-30)28(31-27)35-17-24(32)19-36(33,34)18-20-7-3-1-4-8-20/h1-15,24,32H,17-19H2. The maximum atomic E-state index is 12.6. The molecule has 1 unspecified atom stereocenters. The summed E-state index contributed by atoms with van der Waals surface area (Å²) in [4.78, 5) is 4.73. The molecule has 1 atom stereocenters. The van der Waals surface area contributed by atoms with E-state index < -0.39 is 15.9 Å². The predicted octanol–water partition coefficient (Wildman–Crippen LogP) is 6.12. The third-order valence-electron chi connectivity index (χ3n) is 5.41. The minimum absolute atomic E-state index is 0.0910. The molecule has 0 aliphatic heterocycles. The zero-order valence-corrected chi connectivity index (χ0v) is 22.4. The Morgan fingerprint density at radius 1 is 0.944 bits per heavy atom. The number of nitriles is 1. The number of sulfone groups is 1. The molecule has 4 rings (SSSR count). The quantitative estimate of drug-likeness (QED) is 0.241. The molecule has 0 radical (unpaired) electrons. The molecule has 0 fully saturated rings. The number of aliphatic hydroxyl groups excluding tert-OH is 1. The molecule has 0 saturated heterocycles. The fourth-order valence-corrected chi connectivity index (χ4v) is 6.62. The first-order chi connectivity index (χ1) is 17.3. The largest absolute Gasteiger partial charge is 0.391 e. The molecule has 0 bridgehead atoms. The number of aliphatic hydroxyl groups is 1. The predicted molar refractivity (Wildman–Crippen MR) is 148 cm³/mol. The van der Waals surface area contributed by atoms with Crippen molar-refractivity contribution >= 4 is 37.5 Å². The average molecular weight is 580 g/mol. The van der Waals surface area contributed by atoms with Gasteiger partial charge in [-0.3, -0.25) is 0 Å². The third-order valence-corrected chi connectivity index (χ3v) is 8.73. The number of aromatic nitrogens is 1. The van der Waals surface area contributed by atoms with Crippen LogP contribution in [0, 0.1) is 11.3 Å². The molecule has 1 aromatic heterocycles. The summed E-state index contributed by atoms with van der Waals surface area (Å²) in [5.41, 5.74) is 4.26. The molecule has 1 N–H and O–H groups in total. The molecule has 0 spiro atoms. The Labute approximate surface area is 223 Å². The highest BCUT2D eigenvalue weighted by Gasteiger charge is 2.21. The van der Waals surface area contributed by atoms with Gasteiger partial charge in [0.25, 0.3) is 0 Å². The zero-order chi connectivity index (χ0) is 25.5. The first kappa shape index (κ1) is 26.1. The van der Waals surface area contributed by atoms with Crippen LogP contribution >= 0.6 is 27.7 Å². The van der Waals surface area contributed by atoms with Crippen molar-refractivity contribution in [3.63, 3.8) is 0 Å². The Kier molecular flexibility index (Phi) is 8.60.